The summed E-state index contributed by atoms with van der Waals surface area (Å²) < 4.78 is 102. The van der Waals surface area contributed by atoms with E-state index >= 15 is 0 Å². The number of aromatic nitrogens is 4. The zero-order chi connectivity index (χ0) is 39.4. The molecule has 0 atom stereocenters. The molecule has 282 valence electrons. The van der Waals surface area contributed by atoms with E-state index in [4.69, 9.17) is 53.3 Å². The van der Waals surface area contributed by atoms with Gasteiger partial charge in [-0.25, -0.2) is 28.3 Å². The molecule has 4 aromatic rings. The highest BCUT2D eigenvalue weighted by molar-refractivity contribution is 6.32. The molecule has 1 amide bonds. The lowest BCUT2D eigenvalue weighted by Crippen LogP contribution is -2.23. The zero-order valence-corrected chi connectivity index (χ0v) is 28.5. The molecule has 4 heterocycles. The van der Waals surface area contributed by atoms with Gasteiger partial charge in [0.2, 0.25) is 11.8 Å². The van der Waals surface area contributed by atoms with Crippen LogP contribution in [0.2, 0.25) is 10.0 Å². The molecule has 0 spiro atoms. The summed E-state index contributed by atoms with van der Waals surface area (Å²) in [5, 5.41) is 2.47. The topological polar surface area (TPSA) is 182 Å². The van der Waals surface area contributed by atoms with Crippen LogP contribution in [0.4, 0.5) is 33.6 Å². The molecule has 4 aromatic heterocycles. The normalized spacial score (nSPS) is 11.1. The minimum absolute atomic E-state index is 0.0829. The molecule has 0 saturated heterocycles. The summed E-state index contributed by atoms with van der Waals surface area (Å²) >= 11 is 12.0. The first-order chi connectivity index (χ1) is 25.7. The number of carbonyl (C=O) groups excluding carboxylic acids is 3. The molecule has 0 aliphatic heterocycles. The van der Waals surface area contributed by atoms with E-state index in [1.807, 2.05) is 5.32 Å². The van der Waals surface area contributed by atoms with Crippen LogP contribution in [0.3, 0.4) is 0 Å². The van der Waals surface area contributed by atoms with Crippen molar-refractivity contribution in [2.45, 2.75) is 13.1 Å². The van der Waals surface area contributed by atoms with Gasteiger partial charge in [0.25, 0.3) is 17.7 Å². The van der Waals surface area contributed by atoms with Gasteiger partial charge in [-0.15, -0.1) is 0 Å². The van der Waals surface area contributed by atoms with Crippen molar-refractivity contribution in [2.24, 2.45) is 0 Å². The summed E-state index contributed by atoms with van der Waals surface area (Å²) in [4.78, 5) is 51.1. The molecular formula is C32H21Cl2F5N6O9. The van der Waals surface area contributed by atoms with Crippen molar-refractivity contribution >= 4 is 52.7 Å². The van der Waals surface area contributed by atoms with Crippen molar-refractivity contribution in [1.82, 2.24) is 19.9 Å². The molecule has 0 fully saturated rings. The van der Waals surface area contributed by atoms with E-state index in [0.717, 1.165) is 0 Å². The van der Waals surface area contributed by atoms with Crippen LogP contribution < -0.4 is 29.6 Å². The van der Waals surface area contributed by atoms with E-state index in [0.29, 0.717) is 12.1 Å². The predicted octanol–water partition coefficient (Wildman–Crippen LogP) is 6.39. The van der Waals surface area contributed by atoms with Crippen molar-refractivity contribution < 1.29 is 64.8 Å². The summed E-state index contributed by atoms with van der Waals surface area (Å²) in [6.07, 6.45) is 3.59. The molecule has 0 aliphatic rings. The summed E-state index contributed by atoms with van der Waals surface area (Å²) in [7, 11) is 0. The second-order valence-electron chi connectivity index (χ2n) is 9.67. The first-order valence-corrected chi connectivity index (χ1v) is 15.3. The average molecular weight is 799 g/mol. The molecule has 0 unspecified atom stereocenters. The molecule has 2 N–H and O–H groups in total. The fourth-order valence-electron chi connectivity index (χ4n) is 3.70. The Morgan fingerprint density at radius 2 is 1.33 bits per heavy atom. The number of nitrogens with one attached hydrogen (secondary N) is 2. The molecule has 54 heavy (non-hydrogen) atoms. The lowest BCUT2D eigenvalue weighted by atomic mass is 10.3. The van der Waals surface area contributed by atoms with Crippen LogP contribution in [-0.2, 0) is 23.9 Å². The third kappa shape index (κ3) is 11.3. The van der Waals surface area contributed by atoms with Crippen molar-refractivity contribution in [3.8, 4) is 47.5 Å². The van der Waals surface area contributed by atoms with Crippen molar-refractivity contribution in [3.05, 3.63) is 82.2 Å². The Kier molecular flexibility index (Phi) is 13.7. The van der Waals surface area contributed by atoms with Gasteiger partial charge >= 0.3 is 18.1 Å². The zero-order valence-electron chi connectivity index (χ0n) is 27.0. The summed E-state index contributed by atoms with van der Waals surface area (Å²) in [6.45, 7) is 0.377. The van der Waals surface area contributed by atoms with E-state index in [1.165, 1.54) is 36.7 Å². The minimum Gasteiger partial charge on any atom is -0.463 e. The quantitative estimate of drug-likeness (QED) is 0.0584. The van der Waals surface area contributed by atoms with Crippen molar-refractivity contribution in [1.29, 1.82) is 0 Å². The van der Waals surface area contributed by atoms with E-state index in [-0.39, 0.29) is 35.9 Å². The van der Waals surface area contributed by atoms with Gasteiger partial charge in [-0.1, -0.05) is 29.6 Å². The number of halogens is 7. The number of terminal acetylenes is 1. The van der Waals surface area contributed by atoms with Gasteiger partial charge in [0.05, 0.1) is 6.61 Å². The summed E-state index contributed by atoms with van der Waals surface area (Å²) in [6, 6.07) is 6.47. The standard InChI is InChI=1S/C32H21Cl2F5N6O9/c1-3-49-24(47)14-51-30-20(7-5-9-40-30)53-28-16(33)11-18(35)26(44-28)42-22(32(37,38)39)13-23(46)43-27-19(36)12-17(34)29(45-27)54-21-8-6-10-41-31(21)52-15-25(48)50-4-2/h1,5-13H,4,14-15H2,2H3,(H,42,44)(H,43,45,46)/b22-13+. The van der Waals surface area contributed by atoms with Crippen LogP contribution in [0.25, 0.3) is 0 Å². The van der Waals surface area contributed by atoms with Gasteiger partial charge in [-0.2, -0.15) is 23.1 Å². The van der Waals surface area contributed by atoms with Crippen LogP contribution in [-0.4, -0.2) is 63.8 Å². The highest BCUT2D eigenvalue weighted by Gasteiger charge is 2.36. The van der Waals surface area contributed by atoms with E-state index < -0.39 is 88.0 Å². The lowest BCUT2D eigenvalue weighted by molar-refractivity contribution is -0.145. The maximum absolute atomic E-state index is 14.8. The second-order valence-corrected chi connectivity index (χ2v) is 10.5. The number of allylic oxidation sites excluding steroid dienone is 1. The summed E-state index contributed by atoms with van der Waals surface area (Å²) in [5.41, 5.74) is -1.89. The number of hydrogen-bond donors (Lipinski definition) is 2. The maximum atomic E-state index is 14.8. The van der Waals surface area contributed by atoms with Gasteiger partial charge in [-0.3, -0.25) is 4.79 Å². The van der Waals surface area contributed by atoms with Gasteiger partial charge < -0.3 is 39.1 Å². The first-order valence-electron chi connectivity index (χ1n) is 14.6. The molecular weight excluding hydrogens is 778 g/mol. The number of pyridine rings is 4. The third-order valence-corrected chi connectivity index (χ3v) is 6.43. The number of amides is 1. The number of alkyl halides is 3. The largest absolute Gasteiger partial charge is 0.463 e. The van der Waals surface area contributed by atoms with Crippen LogP contribution in [0.15, 0.2) is 60.6 Å². The summed E-state index contributed by atoms with van der Waals surface area (Å²) in [5.74, 6) is -10.3. The van der Waals surface area contributed by atoms with Crippen LogP contribution in [0.1, 0.15) is 6.92 Å². The van der Waals surface area contributed by atoms with E-state index in [2.05, 4.69) is 24.7 Å². The number of carbonyl (C=O) groups is 3. The maximum Gasteiger partial charge on any atom is 0.431 e. The van der Waals surface area contributed by atoms with Crippen LogP contribution in [0, 0.1) is 24.2 Å². The Labute approximate surface area is 310 Å². The molecule has 22 heteroatoms. The Morgan fingerprint density at radius 1 is 0.833 bits per heavy atom. The Morgan fingerprint density at radius 3 is 1.81 bits per heavy atom. The van der Waals surface area contributed by atoms with Gasteiger partial charge in [0.15, 0.2) is 48.0 Å². The predicted molar refractivity (Wildman–Crippen MR) is 176 cm³/mol. The number of esters is 2. The van der Waals surface area contributed by atoms with Gasteiger partial charge in [-0.05, 0) is 31.2 Å². The van der Waals surface area contributed by atoms with Crippen LogP contribution >= 0.6 is 23.2 Å². The lowest BCUT2D eigenvalue weighted by Gasteiger charge is -2.16. The fraction of sp³-hybridized carbons (Fsp3) is 0.156. The number of nitrogens with zero attached hydrogens (tertiary/aromatic N) is 4. The Hall–Kier alpha value is -6.46. The molecule has 0 aromatic carbocycles. The number of rotatable bonds is 15. The van der Waals surface area contributed by atoms with Crippen molar-refractivity contribution in [3.63, 3.8) is 0 Å². The second kappa shape index (κ2) is 18.3. The number of ether oxygens (including phenoxy) is 6. The smallest absolute Gasteiger partial charge is 0.431 e. The van der Waals surface area contributed by atoms with E-state index in [9.17, 15) is 36.3 Å². The molecule has 4 rings (SSSR count). The molecule has 0 bridgehead atoms. The third-order valence-electron chi connectivity index (χ3n) is 5.89. The first kappa shape index (κ1) is 40.3. The highest BCUT2D eigenvalue weighted by Crippen LogP contribution is 2.37. The van der Waals surface area contributed by atoms with Crippen LogP contribution in [0.5, 0.6) is 35.0 Å². The number of hydrogen-bond acceptors (Lipinski definition) is 14. The Bertz CT molecular complexity index is 2120. The van der Waals surface area contributed by atoms with Crippen molar-refractivity contribution in [2.75, 3.05) is 30.5 Å². The van der Waals surface area contributed by atoms with E-state index in [1.54, 1.807) is 18.3 Å². The fourth-order valence-corrected chi connectivity index (χ4v) is 4.06. The van der Waals surface area contributed by atoms with Gasteiger partial charge in [0, 0.05) is 30.6 Å². The SMILES string of the molecule is C#COC(=O)COc1ncccc1Oc1nc(N/C(=C/C(=O)Nc2nc(Oc3cccnc3OCC(=O)OCC)c(Cl)cc2F)C(F)(F)F)c(F)cc1Cl. The monoisotopic (exact) mass is 798 g/mol. The minimum atomic E-state index is -5.36. The highest BCUT2D eigenvalue weighted by atomic mass is 35.5. The molecule has 15 nitrogen and oxygen atoms in total. The number of anilines is 2. The molecule has 0 saturated carbocycles. The Balaban J connectivity index is 1.55. The molecule has 0 radical (unpaired) electrons. The van der Waals surface area contributed by atoms with Gasteiger partial charge in [0.1, 0.15) is 21.8 Å². The molecule has 0 aliphatic carbocycles. The average Bonchev–Trinajstić information content (AvgIpc) is 3.11.